The van der Waals surface area contributed by atoms with E-state index in [9.17, 15) is 8.78 Å². The standard InChI is InChI=1S/C12H12F2N2O/c1-2-7-5-10(15)9-6-8(17-12(13)14)3-4-11(9)16-7/h3-6,12H,2H2,1H3,(H2,15,16). The van der Waals surface area contributed by atoms with E-state index >= 15 is 0 Å². The van der Waals surface area contributed by atoms with Crippen molar-refractivity contribution in [1.29, 1.82) is 0 Å². The van der Waals surface area contributed by atoms with Gasteiger partial charge >= 0.3 is 6.61 Å². The third-order valence-electron chi connectivity index (χ3n) is 2.45. The van der Waals surface area contributed by atoms with Crippen LogP contribution in [0.15, 0.2) is 24.3 Å². The summed E-state index contributed by atoms with van der Waals surface area (Å²) in [4.78, 5) is 4.35. The molecular weight excluding hydrogens is 226 g/mol. The van der Waals surface area contributed by atoms with Gasteiger partial charge in [-0.15, -0.1) is 0 Å². The highest BCUT2D eigenvalue weighted by atomic mass is 19.3. The number of nitrogen functional groups attached to an aromatic ring is 1. The molecule has 0 amide bonds. The van der Waals surface area contributed by atoms with E-state index in [1.807, 2.05) is 6.92 Å². The van der Waals surface area contributed by atoms with E-state index in [1.54, 1.807) is 12.1 Å². The summed E-state index contributed by atoms with van der Waals surface area (Å²) >= 11 is 0. The molecule has 3 nitrogen and oxygen atoms in total. The van der Waals surface area contributed by atoms with Crippen molar-refractivity contribution in [3.05, 3.63) is 30.0 Å². The number of ether oxygens (including phenoxy) is 1. The second kappa shape index (κ2) is 4.53. The van der Waals surface area contributed by atoms with Gasteiger partial charge in [0, 0.05) is 16.8 Å². The van der Waals surface area contributed by atoms with Crippen molar-refractivity contribution >= 4 is 16.6 Å². The summed E-state index contributed by atoms with van der Waals surface area (Å²) in [5.74, 6) is 0.0882. The first-order valence-electron chi connectivity index (χ1n) is 5.24. The lowest BCUT2D eigenvalue weighted by Gasteiger charge is -2.08. The van der Waals surface area contributed by atoms with Crippen molar-refractivity contribution < 1.29 is 13.5 Å². The van der Waals surface area contributed by atoms with Crippen LogP contribution in [0.4, 0.5) is 14.5 Å². The number of benzene rings is 1. The highest BCUT2D eigenvalue weighted by molar-refractivity contribution is 5.91. The van der Waals surface area contributed by atoms with Crippen LogP contribution < -0.4 is 10.5 Å². The molecule has 0 saturated carbocycles. The predicted molar refractivity (Wildman–Crippen MR) is 62.2 cm³/mol. The number of alkyl halides is 2. The molecule has 5 heteroatoms. The van der Waals surface area contributed by atoms with Gasteiger partial charge in [0.1, 0.15) is 5.75 Å². The van der Waals surface area contributed by atoms with Gasteiger partial charge < -0.3 is 10.5 Å². The number of nitrogens with two attached hydrogens (primary N) is 1. The molecule has 0 fully saturated rings. The predicted octanol–water partition coefficient (Wildman–Crippen LogP) is 2.98. The number of rotatable bonds is 3. The Morgan fingerprint density at radius 3 is 2.76 bits per heavy atom. The number of aryl methyl sites for hydroxylation is 1. The molecule has 2 N–H and O–H groups in total. The van der Waals surface area contributed by atoms with Crippen LogP contribution in [-0.4, -0.2) is 11.6 Å². The van der Waals surface area contributed by atoms with Crippen LogP contribution in [0.1, 0.15) is 12.6 Å². The van der Waals surface area contributed by atoms with Crippen LogP contribution in [0.3, 0.4) is 0 Å². The fraction of sp³-hybridized carbons (Fsp3) is 0.250. The number of hydrogen-bond donors (Lipinski definition) is 1. The van der Waals surface area contributed by atoms with Crippen LogP contribution in [0.5, 0.6) is 5.75 Å². The third kappa shape index (κ3) is 2.43. The molecule has 1 aromatic carbocycles. The average Bonchev–Trinajstić information content (AvgIpc) is 2.29. The van der Waals surface area contributed by atoms with Crippen LogP contribution in [0.25, 0.3) is 10.9 Å². The summed E-state index contributed by atoms with van der Waals surface area (Å²) in [7, 11) is 0. The summed E-state index contributed by atoms with van der Waals surface area (Å²) in [6, 6.07) is 6.31. The van der Waals surface area contributed by atoms with Crippen molar-refractivity contribution in [1.82, 2.24) is 4.98 Å². The lowest BCUT2D eigenvalue weighted by atomic mass is 10.1. The Labute approximate surface area is 97.2 Å². The number of anilines is 1. The normalized spacial score (nSPS) is 11.1. The maximum Gasteiger partial charge on any atom is 0.387 e. The Hall–Kier alpha value is -1.91. The molecule has 0 aliphatic heterocycles. The minimum atomic E-state index is -2.84. The first-order valence-corrected chi connectivity index (χ1v) is 5.24. The van der Waals surface area contributed by atoms with Crippen molar-refractivity contribution in [3.63, 3.8) is 0 Å². The first-order chi connectivity index (χ1) is 8.10. The number of pyridine rings is 1. The number of nitrogens with zero attached hydrogens (tertiary/aromatic N) is 1. The van der Waals surface area contributed by atoms with Gasteiger partial charge in [-0.05, 0) is 30.7 Å². The Bertz CT molecular complexity index is 543. The lowest BCUT2D eigenvalue weighted by molar-refractivity contribution is -0.0497. The molecule has 0 aliphatic rings. The largest absolute Gasteiger partial charge is 0.435 e. The fourth-order valence-corrected chi connectivity index (χ4v) is 1.65. The van der Waals surface area contributed by atoms with Crippen molar-refractivity contribution in [3.8, 4) is 5.75 Å². The van der Waals surface area contributed by atoms with Gasteiger partial charge in [0.05, 0.1) is 5.52 Å². The first kappa shape index (κ1) is 11.6. The lowest BCUT2D eigenvalue weighted by Crippen LogP contribution is -2.02. The fourth-order valence-electron chi connectivity index (χ4n) is 1.65. The van der Waals surface area contributed by atoms with E-state index < -0.39 is 6.61 Å². The third-order valence-corrected chi connectivity index (χ3v) is 2.45. The number of hydrogen-bond acceptors (Lipinski definition) is 3. The maximum atomic E-state index is 12.1. The average molecular weight is 238 g/mol. The summed E-state index contributed by atoms with van der Waals surface area (Å²) in [6.45, 7) is -0.862. The zero-order chi connectivity index (χ0) is 12.4. The van der Waals surface area contributed by atoms with Gasteiger partial charge in [0.2, 0.25) is 0 Å². The second-order valence-electron chi connectivity index (χ2n) is 3.61. The van der Waals surface area contributed by atoms with E-state index in [0.29, 0.717) is 16.6 Å². The molecule has 0 saturated heterocycles. The summed E-state index contributed by atoms with van der Waals surface area (Å²) in [5, 5.41) is 0.625. The van der Waals surface area contributed by atoms with Crippen LogP contribution in [-0.2, 0) is 6.42 Å². The molecule has 0 spiro atoms. The maximum absolute atomic E-state index is 12.1. The van der Waals surface area contributed by atoms with Crippen molar-refractivity contribution in [2.75, 3.05) is 5.73 Å². The molecule has 0 bridgehead atoms. The summed E-state index contributed by atoms with van der Waals surface area (Å²) < 4.78 is 28.5. The van der Waals surface area contributed by atoms with Crippen LogP contribution >= 0.6 is 0 Å². The quantitative estimate of drug-likeness (QED) is 0.894. The Kier molecular flexibility index (Phi) is 3.08. The second-order valence-corrected chi connectivity index (χ2v) is 3.61. The summed E-state index contributed by atoms with van der Waals surface area (Å²) in [5.41, 5.74) is 7.93. The van der Waals surface area contributed by atoms with Crippen molar-refractivity contribution in [2.24, 2.45) is 0 Å². The molecule has 17 heavy (non-hydrogen) atoms. The molecule has 0 aliphatic carbocycles. The molecule has 2 aromatic rings. The monoisotopic (exact) mass is 238 g/mol. The SMILES string of the molecule is CCc1cc(N)c2cc(OC(F)F)ccc2n1. The molecular formula is C12H12F2N2O. The number of aromatic nitrogens is 1. The molecule has 90 valence electrons. The van der Waals surface area contributed by atoms with Gasteiger partial charge in [0.25, 0.3) is 0 Å². The zero-order valence-electron chi connectivity index (χ0n) is 9.28. The van der Waals surface area contributed by atoms with Gasteiger partial charge in [-0.3, -0.25) is 4.98 Å². The minimum Gasteiger partial charge on any atom is -0.435 e. The molecule has 1 aromatic heterocycles. The molecule has 0 unspecified atom stereocenters. The Balaban J connectivity index is 2.50. The van der Waals surface area contributed by atoms with Gasteiger partial charge in [-0.1, -0.05) is 6.92 Å². The van der Waals surface area contributed by atoms with Gasteiger partial charge in [-0.25, -0.2) is 0 Å². The van der Waals surface area contributed by atoms with E-state index in [4.69, 9.17) is 5.73 Å². The Morgan fingerprint density at radius 1 is 1.35 bits per heavy atom. The number of fused-ring (bicyclic) bond motifs is 1. The zero-order valence-corrected chi connectivity index (χ0v) is 9.28. The number of halogens is 2. The van der Waals surface area contributed by atoms with Gasteiger partial charge in [-0.2, -0.15) is 8.78 Å². The van der Waals surface area contributed by atoms with E-state index in [0.717, 1.165) is 12.1 Å². The highest BCUT2D eigenvalue weighted by Crippen LogP contribution is 2.26. The Morgan fingerprint density at radius 2 is 2.12 bits per heavy atom. The minimum absolute atomic E-state index is 0.0882. The topological polar surface area (TPSA) is 48.1 Å². The van der Waals surface area contributed by atoms with Crippen LogP contribution in [0, 0.1) is 0 Å². The smallest absolute Gasteiger partial charge is 0.387 e. The van der Waals surface area contributed by atoms with E-state index in [-0.39, 0.29) is 5.75 Å². The van der Waals surface area contributed by atoms with E-state index in [2.05, 4.69) is 9.72 Å². The molecule has 1 heterocycles. The molecule has 2 rings (SSSR count). The molecule has 0 atom stereocenters. The molecule has 0 radical (unpaired) electrons. The summed E-state index contributed by atoms with van der Waals surface area (Å²) in [6.07, 6.45) is 0.773. The van der Waals surface area contributed by atoms with Crippen LogP contribution in [0.2, 0.25) is 0 Å². The van der Waals surface area contributed by atoms with Crippen molar-refractivity contribution in [2.45, 2.75) is 20.0 Å². The highest BCUT2D eigenvalue weighted by Gasteiger charge is 2.07. The van der Waals surface area contributed by atoms with Gasteiger partial charge in [0.15, 0.2) is 0 Å². The van der Waals surface area contributed by atoms with E-state index in [1.165, 1.54) is 12.1 Å².